The molecular weight excluding hydrogens is 516 g/mol. The number of rotatable bonds is 5. The number of amides is 1. The Morgan fingerprint density at radius 1 is 1.32 bits per heavy atom. The van der Waals surface area contributed by atoms with Crippen molar-refractivity contribution in [2.24, 2.45) is 4.99 Å². The molecule has 170 valence electrons. The maximum Gasteiger partial charge on any atom is 0.410 e. The standard InChI is InChI=1S/C21H28FN5O3.HI/c1-21(2,3)30-20(28)27-11-17(12-27)26-19(23-4)24-10-9-16-13-29-18(25-16)14-5-7-15(22)8-6-14;/h5-8,13,17H,9-12H2,1-4H3,(H2,23,24,26);1H. The van der Waals surface area contributed by atoms with Gasteiger partial charge in [0.25, 0.3) is 0 Å². The summed E-state index contributed by atoms with van der Waals surface area (Å²) < 4.78 is 23.9. The SMILES string of the molecule is CN=C(NCCc1coc(-c2ccc(F)cc2)n1)NC1CN(C(=O)OC(C)(C)C)C1.I. The van der Waals surface area contributed by atoms with Crippen molar-refractivity contribution in [2.45, 2.75) is 38.8 Å². The van der Waals surface area contributed by atoms with E-state index in [1.165, 1.54) is 12.1 Å². The first-order valence-electron chi connectivity index (χ1n) is 9.89. The fraction of sp³-hybridized carbons (Fsp3) is 0.476. The first-order chi connectivity index (χ1) is 14.2. The number of hydrogen-bond donors (Lipinski definition) is 2. The highest BCUT2D eigenvalue weighted by molar-refractivity contribution is 14.0. The van der Waals surface area contributed by atoms with E-state index in [0.717, 1.165) is 11.3 Å². The van der Waals surface area contributed by atoms with Crippen LogP contribution < -0.4 is 10.6 Å². The first-order valence-corrected chi connectivity index (χ1v) is 9.89. The number of oxazole rings is 1. The third-order valence-electron chi connectivity index (χ3n) is 4.41. The number of carbonyl (C=O) groups excluding carboxylic acids is 1. The Bertz CT molecular complexity index is 889. The highest BCUT2D eigenvalue weighted by Gasteiger charge is 2.34. The summed E-state index contributed by atoms with van der Waals surface area (Å²) in [5.74, 6) is 0.824. The molecule has 0 unspecified atom stereocenters. The highest BCUT2D eigenvalue weighted by Crippen LogP contribution is 2.19. The Labute approximate surface area is 198 Å². The third kappa shape index (κ3) is 7.37. The van der Waals surface area contributed by atoms with Crippen molar-refractivity contribution in [3.05, 3.63) is 42.0 Å². The Morgan fingerprint density at radius 3 is 2.61 bits per heavy atom. The number of benzene rings is 1. The van der Waals surface area contributed by atoms with E-state index in [9.17, 15) is 9.18 Å². The van der Waals surface area contributed by atoms with Crippen LogP contribution in [0.3, 0.4) is 0 Å². The summed E-state index contributed by atoms with van der Waals surface area (Å²) in [6, 6.07) is 6.14. The van der Waals surface area contributed by atoms with Gasteiger partial charge in [0, 0.05) is 38.7 Å². The molecule has 2 N–H and O–H groups in total. The minimum atomic E-state index is -0.495. The summed E-state index contributed by atoms with van der Waals surface area (Å²) in [5.41, 5.74) is 1.02. The molecule has 1 aliphatic rings. The number of halogens is 2. The van der Waals surface area contributed by atoms with E-state index in [-0.39, 0.29) is 41.9 Å². The van der Waals surface area contributed by atoms with Crippen LogP contribution in [0.5, 0.6) is 0 Å². The molecule has 1 aliphatic heterocycles. The van der Waals surface area contributed by atoms with E-state index >= 15 is 0 Å². The fourth-order valence-corrected chi connectivity index (χ4v) is 2.89. The van der Waals surface area contributed by atoms with Gasteiger partial charge in [0.2, 0.25) is 5.89 Å². The molecule has 0 aliphatic carbocycles. The van der Waals surface area contributed by atoms with Gasteiger partial charge >= 0.3 is 6.09 Å². The summed E-state index contributed by atoms with van der Waals surface area (Å²) in [7, 11) is 1.70. The molecule has 1 aromatic heterocycles. The van der Waals surface area contributed by atoms with Crippen molar-refractivity contribution in [3.63, 3.8) is 0 Å². The fourth-order valence-electron chi connectivity index (χ4n) is 2.89. The molecule has 0 bridgehead atoms. The second-order valence-electron chi connectivity index (χ2n) is 8.13. The van der Waals surface area contributed by atoms with Crippen LogP contribution in [0.4, 0.5) is 9.18 Å². The zero-order valence-electron chi connectivity index (χ0n) is 18.1. The number of nitrogens with one attached hydrogen (secondary N) is 2. The Balaban J connectivity index is 0.00000341. The van der Waals surface area contributed by atoms with Gasteiger partial charge in [-0.15, -0.1) is 24.0 Å². The number of nitrogens with zero attached hydrogens (tertiary/aromatic N) is 3. The number of aliphatic imine (C=N–C) groups is 1. The van der Waals surface area contributed by atoms with E-state index in [1.54, 1.807) is 30.3 Å². The van der Waals surface area contributed by atoms with Gasteiger partial charge in [0.05, 0.1) is 11.7 Å². The third-order valence-corrected chi connectivity index (χ3v) is 4.41. The van der Waals surface area contributed by atoms with Gasteiger partial charge in [-0.1, -0.05) is 0 Å². The van der Waals surface area contributed by atoms with E-state index in [2.05, 4.69) is 20.6 Å². The summed E-state index contributed by atoms with van der Waals surface area (Å²) >= 11 is 0. The summed E-state index contributed by atoms with van der Waals surface area (Å²) in [5, 5.41) is 6.51. The van der Waals surface area contributed by atoms with Crippen LogP contribution in [0.1, 0.15) is 26.5 Å². The first kappa shape index (κ1) is 24.9. The lowest BCUT2D eigenvalue weighted by Crippen LogP contribution is -2.63. The van der Waals surface area contributed by atoms with Gasteiger partial charge in [-0.3, -0.25) is 4.99 Å². The van der Waals surface area contributed by atoms with Crippen molar-refractivity contribution in [1.82, 2.24) is 20.5 Å². The molecule has 0 spiro atoms. The molecule has 8 nitrogen and oxygen atoms in total. The van der Waals surface area contributed by atoms with Crippen molar-refractivity contribution >= 4 is 36.0 Å². The maximum absolute atomic E-state index is 13.0. The molecule has 2 aromatic rings. The molecule has 10 heteroatoms. The van der Waals surface area contributed by atoms with Gasteiger partial charge in [0.15, 0.2) is 5.96 Å². The summed E-state index contributed by atoms with van der Waals surface area (Å²) in [4.78, 5) is 22.3. The monoisotopic (exact) mass is 545 g/mol. The normalized spacial score (nSPS) is 14.5. The Hall–Kier alpha value is -2.37. The van der Waals surface area contributed by atoms with Crippen LogP contribution >= 0.6 is 24.0 Å². The maximum atomic E-state index is 13.0. The molecule has 0 saturated carbocycles. The summed E-state index contributed by atoms with van der Waals surface area (Å²) in [6.07, 6.45) is 1.94. The number of ether oxygens (including phenoxy) is 1. The van der Waals surface area contributed by atoms with Crippen molar-refractivity contribution in [2.75, 3.05) is 26.7 Å². The van der Waals surface area contributed by atoms with Gasteiger partial charge in [-0.2, -0.15) is 0 Å². The summed E-state index contributed by atoms with van der Waals surface area (Å²) in [6.45, 7) is 7.30. The average Bonchev–Trinajstić information content (AvgIpc) is 3.10. The van der Waals surface area contributed by atoms with Crippen LogP contribution in [0, 0.1) is 5.82 Å². The molecule has 1 amide bonds. The van der Waals surface area contributed by atoms with Gasteiger partial charge < -0.3 is 24.7 Å². The lowest BCUT2D eigenvalue weighted by molar-refractivity contribution is 0.00701. The van der Waals surface area contributed by atoms with Crippen molar-refractivity contribution in [1.29, 1.82) is 0 Å². The molecule has 31 heavy (non-hydrogen) atoms. The molecule has 1 fully saturated rings. The van der Waals surface area contributed by atoms with E-state index in [4.69, 9.17) is 9.15 Å². The minimum absolute atomic E-state index is 0. The Morgan fingerprint density at radius 2 is 2.00 bits per heavy atom. The van der Waals surface area contributed by atoms with Crippen molar-refractivity contribution in [3.8, 4) is 11.5 Å². The quantitative estimate of drug-likeness (QED) is 0.340. The number of likely N-dealkylation sites (tertiary alicyclic amines) is 1. The van der Waals surface area contributed by atoms with Gasteiger partial charge in [-0.05, 0) is 45.0 Å². The lowest BCUT2D eigenvalue weighted by atomic mass is 10.1. The van der Waals surface area contributed by atoms with Crippen LogP contribution in [0.25, 0.3) is 11.5 Å². The zero-order chi connectivity index (χ0) is 21.7. The molecule has 2 heterocycles. The van der Waals surface area contributed by atoms with Crippen LogP contribution in [0.15, 0.2) is 39.9 Å². The molecule has 3 rings (SSSR count). The Kier molecular flexibility index (Phi) is 8.66. The zero-order valence-corrected chi connectivity index (χ0v) is 20.5. The second kappa shape index (κ2) is 10.8. The molecule has 1 saturated heterocycles. The number of guanidine groups is 1. The lowest BCUT2D eigenvalue weighted by Gasteiger charge is -2.40. The van der Waals surface area contributed by atoms with Crippen LogP contribution in [-0.4, -0.2) is 60.3 Å². The van der Waals surface area contributed by atoms with Gasteiger partial charge in [-0.25, -0.2) is 14.2 Å². The number of hydrogen-bond acceptors (Lipinski definition) is 5. The molecular formula is C21H29FIN5O3. The predicted molar refractivity (Wildman–Crippen MR) is 127 cm³/mol. The molecule has 0 atom stereocenters. The van der Waals surface area contributed by atoms with Crippen LogP contribution in [0.2, 0.25) is 0 Å². The molecule has 0 radical (unpaired) electrons. The predicted octanol–water partition coefficient (Wildman–Crippen LogP) is 3.43. The highest BCUT2D eigenvalue weighted by atomic mass is 127. The minimum Gasteiger partial charge on any atom is -0.444 e. The van der Waals surface area contributed by atoms with Crippen LogP contribution in [-0.2, 0) is 11.2 Å². The second-order valence-corrected chi connectivity index (χ2v) is 8.13. The number of carbonyl (C=O) groups is 1. The van der Waals surface area contributed by atoms with E-state index in [0.29, 0.717) is 37.9 Å². The van der Waals surface area contributed by atoms with Crippen molar-refractivity contribution < 1.29 is 18.3 Å². The van der Waals surface area contributed by atoms with E-state index < -0.39 is 5.60 Å². The largest absolute Gasteiger partial charge is 0.444 e. The smallest absolute Gasteiger partial charge is 0.410 e. The van der Waals surface area contributed by atoms with Gasteiger partial charge in [0.1, 0.15) is 17.7 Å². The van der Waals surface area contributed by atoms with E-state index in [1.807, 2.05) is 20.8 Å². The number of aromatic nitrogens is 1. The topological polar surface area (TPSA) is 92.0 Å². The molecule has 1 aromatic carbocycles. The average molecular weight is 545 g/mol.